The molecule has 1 nitrogen and oxygen atoms in total. The Morgan fingerprint density at radius 3 is 2.21 bits per heavy atom. The maximum Gasteiger partial charge on any atom is 0.178 e. The minimum Gasteiger partial charge on any atom is -0.290 e. The molecule has 0 saturated carbocycles. The Balaban J connectivity index is 2.75. The van der Waals surface area contributed by atoms with Crippen LogP contribution < -0.4 is 0 Å². The SMILES string of the molecule is CCCCC(C)(C)c1ccc([O])cc1. The molecule has 0 fully saturated rings. The average Bonchev–Trinajstić information content (AvgIpc) is 2.16. The van der Waals surface area contributed by atoms with E-state index < -0.39 is 0 Å². The fourth-order valence-electron chi connectivity index (χ4n) is 1.67. The highest BCUT2D eigenvalue weighted by Gasteiger charge is 2.19. The van der Waals surface area contributed by atoms with Gasteiger partial charge in [0.15, 0.2) is 5.75 Å². The van der Waals surface area contributed by atoms with E-state index in [2.05, 4.69) is 20.8 Å². The summed E-state index contributed by atoms with van der Waals surface area (Å²) in [6.45, 7) is 6.68. The molecule has 0 aliphatic carbocycles. The van der Waals surface area contributed by atoms with Crippen molar-refractivity contribution in [1.82, 2.24) is 0 Å². The molecule has 1 aromatic carbocycles. The molecule has 1 aromatic rings. The molecule has 0 bridgehead atoms. The lowest BCUT2D eigenvalue weighted by atomic mass is 9.80. The van der Waals surface area contributed by atoms with Gasteiger partial charge in [0.1, 0.15) is 0 Å². The van der Waals surface area contributed by atoms with Gasteiger partial charge in [0, 0.05) is 0 Å². The first-order valence-electron chi connectivity index (χ1n) is 5.34. The van der Waals surface area contributed by atoms with Gasteiger partial charge in [0.25, 0.3) is 0 Å². The summed E-state index contributed by atoms with van der Waals surface area (Å²) < 4.78 is 0. The first-order chi connectivity index (χ1) is 6.56. The molecule has 1 rings (SSSR count). The van der Waals surface area contributed by atoms with E-state index in [4.69, 9.17) is 0 Å². The van der Waals surface area contributed by atoms with Gasteiger partial charge in [-0.05, 0) is 29.5 Å². The van der Waals surface area contributed by atoms with Crippen LogP contribution in [0.5, 0.6) is 5.75 Å². The highest BCUT2D eigenvalue weighted by Crippen LogP contribution is 2.29. The maximum atomic E-state index is 11.0. The molecule has 77 valence electrons. The smallest absolute Gasteiger partial charge is 0.178 e. The molecule has 14 heavy (non-hydrogen) atoms. The molecule has 0 unspecified atom stereocenters. The molecule has 0 aliphatic rings. The molecular formula is C13H19O. The molecule has 0 aliphatic heterocycles. The van der Waals surface area contributed by atoms with Gasteiger partial charge < -0.3 is 0 Å². The van der Waals surface area contributed by atoms with Crippen molar-refractivity contribution in [2.45, 2.75) is 45.4 Å². The first kappa shape index (κ1) is 11.1. The van der Waals surface area contributed by atoms with Crippen molar-refractivity contribution in [3.63, 3.8) is 0 Å². The van der Waals surface area contributed by atoms with Gasteiger partial charge in [0.05, 0.1) is 0 Å². The van der Waals surface area contributed by atoms with Crippen molar-refractivity contribution < 1.29 is 5.11 Å². The summed E-state index contributed by atoms with van der Waals surface area (Å²) in [5.74, 6) is 0.0973. The van der Waals surface area contributed by atoms with Crippen molar-refractivity contribution in [3.8, 4) is 5.75 Å². The third-order valence-electron chi connectivity index (χ3n) is 2.79. The molecule has 0 heterocycles. The van der Waals surface area contributed by atoms with Crippen LogP contribution in [0.4, 0.5) is 0 Å². The van der Waals surface area contributed by atoms with E-state index in [1.54, 1.807) is 12.1 Å². The summed E-state index contributed by atoms with van der Waals surface area (Å²) in [6, 6.07) is 7.22. The average molecular weight is 191 g/mol. The van der Waals surface area contributed by atoms with Gasteiger partial charge in [-0.2, -0.15) is 0 Å². The van der Waals surface area contributed by atoms with E-state index in [9.17, 15) is 5.11 Å². The van der Waals surface area contributed by atoms with Crippen molar-refractivity contribution in [2.24, 2.45) is 0 Å². The number of hydrogen-bond acceptors (Lipinski definition) is 0. The topological polar surface area (TPSA) is 19.9 Å². The highest BCUT2D eigenvalue weighted by molar-refractivity contribution is 5.30. The van der Waals surface area contributed by atoms with Crippen LogP contribution in [0.15, 0.2) is 24.3 Å². The third kappa shape index (κ3) is 2.76. The fraction of sp³-hybridized carbons (Fsp3) is 0.538. The Hall–Kier alpha value is -0.980. The summed E-state index contributed by atoms with van der Waals surface area (Å²) in [6.07, 6.45) is 3.65. The zero-order valence-corrected chi connectivity index (χ0v) is 9.34. The minimum atomic E-state index is 0.0973. The third-order valence-corrected chi connectivity index (χ3v) is 2.79. The minimum absolute atomic E-state index is 0.0973. The quantitative estimate of drug-likeness (QED) is 0.676. The van der Waals surface area contributed by atoms with Crippen molar-refractivity contribution in [2.75, 3.05) is 0 Å². The van der Waals surface area contributed by atoms with Crippen molar-refractivity contribution >= 4 is 0 Å². The Morgan fingerprint density at radius 2 is 1.71 bits per heavy atom. The predicted octanol–water partition coefficient (Wildman–Crippen LogP) is 4.30. The second-order valence-corrected chi connectivity index (χ2v) is 4.51. The standard InChI is InChI=1S/C13H19O/c1-4-5-10-13(2,3)11-6-8-12(14)9-7-11/h6-9H,4-5,10H2,1-3H3. The van der Waals surface area contributed by atoms with Crippen LogP contribution in [0.25, 0.3) is 0 Å². The lowest BCUT2D eigenvalue weighted by molar-refractivity contribution is 0.354. The van der Waals surface area contributed by atoms with Crippen LogP contribution in [0.1, 0.15) is 45.6 Å². The van der Waals surface area contributed by atoms with E-state index >= 15 is 0 Å². The number of hydrogen-bond donors (Lipinski definition) is 0. The first-order valence-corrected chi connectivity index (χ1v) is 5.34. The van der Waals surface area contributed by atoms with E-state index in [0.29, 0.717) is 0 Å². The van der Waals surface area contributed by atoms with Gasteiger partial charge in [-0.1, -0.05) is 45.7 Å². The summed E-state index contributed by atoms with van der Waals surface area (Å²) in [4.78, 5) is 0. The van der Waals surface area contributed by atoms with E-state index in [-0.39, 0.29) is 11.2 Å². The molecule has 1 heteroatoms. The van der Waals surface area contributed by atoms with E-state index in [0.717, 1.165) is 0 Å². The summed E-state index contributed by atoms with van der Waals surface area (Å²) in [5.41, 5.74) is 1.47. The summed E-state index contributed by atoms with van der Waals surface area (Å²) in [5, 5.41) is 11.0. The molecule has 0 N–H and O–H groups in total. The molecule has 0 spiro atoms. The fourth-order valence-corrected chi connectivity index (χ4v) is 1.67. The van der Waals surface area contributed by atoms with Crippen LogP contribution in [-0.4, -0.2) is 0 Å². The molecule has 1 radical (unpaired) electrons. The molecule has 0 aromatic heterocycles. The number of unbranched alkanes of at least 4 members (excludes halogenated alkanes) is 1. The summed E-state index contributed by atoms with van der Waals surface area (Å²) >= 11 is 0. The van der Waals surface area contributed by atoms with Crippen LogP contribution >= 0.6 is 0 Å². The van der Waals surface area contributed by atoms with Crippen LogP contribution in [0.2, 0.25) is 0 Å². The molecule has 0 saturated heterocycles. The normalized spacial score (nSPS) is 11.6. The van der Waals surface area contributed by atoms with E-state index in [1.807, 2.05) is 12.1 Å². The number of benzene rings is 1. The zero-order valence-electron chi connectivity index (χ0n) is 9.34. The molecular weight excluding hydrogens is 172 g/mol. The van der Waals surface area contributed by atoms with Crippen LogP contribution in [0, 0.1) is 0 Å². The highest BCUT2D eigenvalue weighted by atomic mass is 16.3. The van der Waals surface area contributed by atoms with Gasteiger partial charge in [0.2, 0.25) is 0 Å². The number of rotatable bonds is 4. The molecule has 0 amide bonds. The lowest BCUT2D eigenvalue weighted by Crippen LogP contribution is -2.16. The van der Waals surface area contributed by atoms with Crippen LogP contribution in [0.3, 0.4) is 0 Å². The Bertz CT molecular complexity index is 272. The van der Waals surface area contributed by atoms with E-state index in [1.165, 1.54) is 24.8 Å². The Kier molecular flexibility index (Phi) is 3.56. The van der Waals surface area contributed by atoms with Gasteiger partial charge in [-0.15, -0.1) is 0 Å². The Morgan fingerprint density at radius 1 is 1.14 bits per heavy atom. The predicted molar refractivity (Wildman–Crippen MR) is 59.1 cm³/mol. The monoisotopic (exact) mass is 191 g/mol. The summed E-state index contributed by atoms with van der Waals surface area (Å²) in [7, 11) is 0. The Labute approximate surface area is 86.8 Å². The molecule has 0 atom stereocenters. The maximum absolute atomic E-state index is 11.0. The van der Waals surface area contributed by atoms with Crippen LogP contribution in [-0.2, 0) is 10.5 Å². The second-order valence-electron chi connectivity index (χ2n) is 4.51. The van der Waals surface area contributed by atoms with Crippen molar-refractivity contribution in [1.29, 1.82) is 0 Å². The lowest BCUT2D eigenvalue weighted by Gasteiger charge is -2.25. The largest absolute Gasteiger partial charge is 0.290 e. The zero-order chi connectivity index (χ0) is 10.6. The van der Waals surface area contributed by atoms with Gasteiger partial charge in [-0.3, -0.25) is 5.11 Å². The van der Waals surface area contributed by atoms with Gasteiger partial charge in [-0.25, -0.2) is 0 Å². The van der Waals surface area contributed by atoms with Crippen molar-refractivity contribution in [3.05, 3.63) is 29.8 Å². The van der Waals surface area contributed by atoms with Gasteiger partial charge >= 0.3 is 0 Å². The second kappa shape index (κ2) is 4.50.